The molecule has 1 aliphatic heterocycles. The van der Waals surface area contributed by atoms with Crippen molar-refractivity contribution in [1.29, 1.82) is 0 Å². The summed E-state index contributed by atoms with van der Waals surface area (Å²) in [6, 6.07) is 0. The van der Waals surface area contributed by atoms with Crippen LogP contribution in [0.4, 0.5) is 0 Å². The van der Waals surface area contributed by atoms with E-state index in [4.69, 9.17) is 4.74 Å². The zero-order valence-electron chi connectivity index (χ0n) is 7.54. The lowest BCUT2D eigenvalue weighted by Crippen LogP contribution is -2.23. The van der Waals surface area contributed by atoms with Crippen LogP contribution in [0.2, 0.25) is 0 Å². The molecule has 1 aliphatic carbocycles. The van der Waals surface area contributed by atoms with Gasteiger partial charge in [-0.2, -0.15) is 0 Å². The van der Waals surface area contributed by atoms with Crippen molar-refractivity contribution in [3.05, 3.63) is 0 Å². The summed E-state index contributed by atoms with van der Waals surface area (Å²) in [5, 5.41) is 9.39. The first-order valence-corrected chi connectivity index (χ1v) is 5.12. The molecule has 12 heavy (non-hydrogen) atoms. The number of ether oxygens (including phenoxy) is 1. The molecule has 3 atom stereocenters. The van der Waals surface area contributed by atoms with Crippen molar-refractivity contribution in [1.82, 2.24) is 0 Å². The van der Waals surface area contributed by atoms with Crippen LogP contribution in [0, 0.1) is 11.8 Å². The number of rotatable bonds is 1. The molecule has 2 heteroatoms. The molecular weight excluding hydrogens is 152 g/mol. The van der Waals surface area contributed by atoms with E-state index in [1.807, 2.05) is 0 Å². The Morgan fingerprint density at radius 1 is 1.08 bits per heavy atom. The highest BCUT2D eigenvalue weighted by atomic mass is 16.5. The molecule has 70 valence electrons. The molecule has 2 rings (SSSR count). The minimum atomic E-state index is -0.0167. The Kier molecular flexibility index (Phi) is 2.66. The van der Waals surface area contributed by atoms with Gasteiger partial charge in [-0.3, -0.25) is 0 Å². The van der Waals surface area contributed by atoms with Crippen LogP contribution in [-0.4, -0.2) is 24.4 Å². The van der Waals surface area contributed by atoms with Crippen LogP contribution in [0.15, 0.2) is 0 Å². The maximum absolute atomic E-state index is 9.39. The Morgan fingerprint density at radius 2 is 2.00 bits per heavy atom. The third-order valence-electron chi connectivity index (χ3n) is 3.31. The Hall–Kier alpha value is -0.0800. The predicted molar refractivity (Wildman–Crippen MR) is 46.9 cm³/mol. The van der Waals surface area contributed by atoms with Crippen LogP contribution >= 0.6 is 0 Å². The number of hydrogen-bond acceptors (Lipinski definition) is 2. The fourth-order valence-corrected chi connectivity index (χ4v) is 2.56. The molecule has 0 amide bonds. The van der Waals surface area contributed by atoms with Crippen molar-refractivity contribution < 1.29 is 9.84 Å². The van der Waals surface area contributed by atoms with Gasteiger partial charge in [0.2, 0.25) is 0 Å². The van der Waals surface area contributed by atoms with Gasteiger partial charge in [-0.1, -0.05) is 0 Å². The van der Waals surface area contributed by atoms with E-state index in [0.717, 1.165) is 37.9 Å². The van der Waals surface area contributed by atoms with E-state index in [0.29, 0.717) is 0 Å². The second kappa shape index (κ2) is 3.75. The SMILES string of the molecule is OC1CCC(C2CCCOC2)C1. The normalized spacial score (nSPS) is 43.2. The maximum atomic E-state index is 9.39. The highest BCUT2D eigenvalue weighted by Gasteiger charge is 2.30. The first-order valence-electron chi connectivity index (χ1n) is 5.12. The monoisotopic (exact) mass is 170 g/mol. The van der Waals surface area contributed by atoms with Crippen LogP contribution in [0.5, 0.6) is 0 Å². The summed E-state index contributed by atoms with van der Waals surface area (Å²) in [5.41, 5.74) is 0. The van der Waals surface area contributed by atoms with Gasteiger partial charge < -0.3 is 9.84 Å². The Balaban J connectivity index is 1.83. The molecule has 2 nitrogen and oxygen atoms in total. The first-order chi connectivity index (χ1) is 5.86. The molecule has 3 unspecified atom stereocenters. The van der Waals surface area contributed by atoms with Crippen molar-refractivity contribution in [3.8, 4) is 0 Å². The van der Waals surface area contributed by atoms with Gasteiger partial charge in [-0.05, 0) is 43.9 Å². The summed E-state index contributed by atoms with van der Waals surface area (Å²) in [5.74, 6) is 1.50. The minimum Gasteiger partial charge on any atom is -0.393 e. The molecule has 2 fully saturated rings. The van der Waals surface area contributed by atoms with Gasteiger partial charge in [0.15, 0.2) is 0 Å². The van der Waals surface area contributed by atoms with Gasteiger partial charge in [0.1, 0.15) is 0 Å². The van der Waals surface area contributed by atoms with Crippen molar-refractivity contribution >= 4 is 0 Å². The number of aliphatic hydroxyl groups is 1. The van der Waals surface area contributed by atoms with E-state index >= 15 is 0 Å². The van der Waals surface area contributed by atoms with Gasteiger partial charge in [0.25, 0.3) is 0 Å². The second-order valence-corrected chi connectivity index (χ2v) is 4.20. The standard InChI is InChI=1S/C10H18O2/c11-10-4-3-8(6-10)9-2-1-5-12-7-9/h8-11H,1-7H2. The van der Waals surface area contributed by atoms with Gasteiger partial charge in [-0.25, -0.2) is 0 Å². The Labute approximate surface area is 73.9 Å². The van der Waals surface area contributed by atoms with Gasteiger partial charge in [-0.15, -0.1) is 0 Å². The topological polar surface area (TPSA) is 29.5 Å². The predicted octanol–water partition coefficient (Wildman–Crippen LogP) is 1.57. The molecule has 0 spiro atoms. The summed E-state index contributed by atoms with van der Waals surface area (Å²) in [6.07, 6.45) is 5.77. The van der Waals surface area contributed by atoms with E-state index in [1.165, 1.54) is 19.3 Å². The summed E-state index contributed by atoms with van der Waals surface area (Å²) >= 11 is 0. The highest BCUT2D eigenvalue weighted by molar-refractivity contribution is 4.81. The van der Waals surface area contributed by atoms with E-state index in [9.17, 15) is 5.11 Å². The lowest BCUT2D eigenvalue weighted by molar-refractivity contribution is 0.0289. The van der Waals surface area contributed by atoms with Crippen molar-refractivity contribution in [2.45, 2.75) is 38.2 Å². The molecule has 1 N–H and O–H groups in total. The highest BCUT2D eigenvalue weighted by Crippen LogP contribution is 2.35. The smallest absolute Gasteiger partial charge is 0.0543 e. The van der Waals surface area contributed by atoms with Gasteiger partial charge in [0, 0.05) is 13.2 Å². The average Bonchev–Trinajstić information content (AvgIpc) is 2.54. The number of aliphatic hydroxyl groups excluding tert-OH is 1. The van der Waals surface area contributed by atoms with E-state index in [2.05, 4.69) is 0 Å². The molecule has 0 aromatic carbocycles. The van der Waals surface area contributed by atoms with Crippen LogP contribution in [0.3, 0.4) is 0 Å². The third-order valence-corrected chi connectivity index (χ3v) is 3.31. The van der Waals surface area contributed by atoms with Crippen molar-refractivity contribution in [2.24, 2.45) is 11.8 Å². The van der Waals surface area contributed by atoms with Crippen LogP contribution in [-0.2, 0) is 4.74 Å². The molecular formula is C10H18O2. The minimum absolute atomic E-state index is 0.0167. The Bertz CT molecular complexity index is 138. The molecule has 0 aromatic heterocycles. The summed E-state index contributed by atoms with van der Waals surface area (Å²) < 4.78 is 5.45. The van der Waals surface area contributed by atoms with E-state index in [-0.39, 0.29) is 6.10 Å². The summed E-state index contributed by atoms with van der Waals surface area (Å²) in [4.78, 5) is 0. The molecule has 0 aromatic rings. The second-order valence-electron chi connectivity index (χ2n) is 4.20. The zero-order chi connectivity index (χ0) is 8.39. The lowest BCUT2D eigenvalue weighted by atomic mass is 9.87. The average molecular weight is 170 g/mol. The van der Waals surface area contributed by atoms with Crippen molar-refractivity contribution in [2.75, 3.05) is 13.2 Å². The largest absolute Gasteiger partial charge is 0.393 e. The molecule has 2 aliphatic rings. The van der Waals surface area contributed by atoms with E-state index < -0.39 is 0 Å². The van der Waals surface area contributed by atoms with Crippen LogP contribution in [0.1, 0.15) is 32.1 Å². The third kappa shape index (κ3) is 1.80. The first kappa shape index (κ1) is 8.52. The summed E-state index contributed by atoms with van der Waals surface area (Å²) in [7, 11) is 0. The molecule has 1 saturated heterocycles. The molecule has 0 radical (unpaired) electrons. The lowest BCUT2D eigenvalue weighted by Gasteiger charge is -2.27. The van der Waals surface area contributed by atoms with Crippen LogP contribution < -0.4 is 0 Å². The zero-order valence-corrected chi connectivity index (χ0v) is 7.54. The maximum Gasteiger partial charge on any atom is 0.0543 e. The fourth-order valence-electron chi connectivity index (χ4n) is 2.56. The van der Waals surface area contributed by atoms with Gasteiger partial charge >= 0.3 is 0 Å². The van der Waals surface area contributed by atoms with Gasteiger partial charge in [0.05, 0.1) is 6.10 Å². The Morgan fingerprint density at radius 3 is 2.58 bits per heavy atom. The van der Waals surface area contributed by atoms with Crippen LogP contribution in [0.25, 0.3) is 0 Å². The molecule has 1 heterocycles. The summed E-state index contributed by atoms with van der Waals surface area (Å²) in [6.45, 7) is 1.89. The fraction of sp³-hybridized carbons (Fsp3) is 1.00. The van der Waals surface area contributed by atoms with E-state index in [1.54, 1.807) is 0 Å². The molecule has 1 saturated carbocycles. The van der Waals surface area contributed by atoms with Crippen molar-refractivity contribution in [3.63, 3.8) is 0 Å². The quantitative estimate of drug-likeness (QED) is 0.647. The molecule has 0 bridgehead atoms. The number of hydrogen-bond donors (Lipinski definition) is 1.